The van der Waals surface area contributed by atoms with Crippen molar-refractivity contribution in [2.45, 2.75) is 26.8 Å². The fourth-order valence-corrected chi connectivity index (χ4v) is 2.65. The van der Waals surface area contributed by atoms with Gasteiger partial charge in [-0.2, -0.15) is 0 Å². The highest BCUT2D eigenvalue weighted by Gasteiger charge is 2.16. The van der Waals surface area contributed by atoms with Gasteiger partial charge in [0, 0.05) is 24.3 Å². The Hall–Kier alpha value is -2.66. The number of benzene rings is 2. The molecule has 132 valence electrons. The van der Waals surface area contributed by atoms with Crippen molar-refractivity contribution in [1.29, 1.82) is 0 Å². The number of hydrogen-bond acceptors (Lipinski definition) is 3. The van der Waals surface area contributed by atoms with Crippen molar-refractivity contribution in [1.82, 2.24) is 5.32 Å². The summed E-state index contributed by atoms with van der Waals surface area (Å²) in [5.41, 5.74) is 2.57. The summed E-state index contributed by atoms with van der Waals surface area (Å²) in [7, 11) is 0. The largest absolute Gasteiger partial charge is 0.326 e. The first kappa shape index (κ1) is 18.7. The van der Waals surface area contributed by atoms with Crippen molar-refractivity contribution < 1.29 is 9.59 Å². The third-order valence-corrected chi connectivity index (χ3v) is 3.80. The molecule has 2 aromatic carbocycles. The lowest BCUT2D eigenvalue weighted by Gasteiger charge is -2.22. The second-order valence-corrected chi connectivity index (χ2v) is 6.32. The highest BCUT2D eigenvalue weighted by atomic mass is 16.2. The molecule has 0 heterocycles. The maximum absolute atomic E-state index is 12.2. The molecule has 2 rings (SSSR count). The standard InChI is InChI=1S/C20H25N3O2/c1-14(2)20(16-7-5-4-6-8-16)21-13-19(25)23-18-11-9-17(10-12-18)22-15(3)24/h4-12,14,20-21H,13H2,1-3H3,(H,22,24)(H,23,25)/t20-/m1/s1. The molecule has 0 unspecified atom stereocenters. The Balaban J connectivity index is 1.90. The summed E-state index contributed by atoms with van der Waals surface area (Å²) in [6.45, 7) is 5.94. The van der Waals surface area contributed by atoms with E-state index < -0.39 is 0 Å². The third kappa shape index (κ3) is 6.04. The molecular weight excluding hydrogens is 314 g/mol. The zero-order valence-electron chi connectivity index (χ0n) is 14.9. The van der Waals surface area contributed by atoms with Crippen LogP contribution in [-0.4, -0.2) is 18.4 Å². The molecule has 0 fully saturated rings. The summed E-state index contributed by atoms with van der Waals surface area (Å²) < 4.78 is 0. The van der Waals surface area contributed by atoms with Gasteiger partial charge in [0.2, 0.25) is 11.8 Å². The molecule has 0 spiro atoms. The number of hydrogen-bond donors (Lipinski definition) is 3. The molecule has 0 bridgehead atoms. The lowest BCUT2D eigenvalue weighted by molar-refractivity contribution is -0.116. The Labute approximate surface area is 148 Å². The van der Waals surface area contributed by atoms with E-state index in [0.29, 0.717) is 17.3 Å². The molecule has 2 aromatic rings. The Morgan fingerprint density at radius 2 is 1.44 bits per heavy atom. The lowest BCUT2D eigenvalue weighted by atomic mass is 9.96. The van der Waals surface area contributed by atoms with E-state index in [0.717, 1.165) is 0 Å². The number of anilines is 2. The van der Waals surface area contributed by atoms with E-state index >= 15 is 0 Å². The molecule has 3 N–H and O–H groups in total. The molecule has 0 aromatic heterocycles. The zero-order chi connectivity index (χ0) is 18.2. The third-order valence-electron chi connectivity index (χ3n) is 3.80. The van der Waals surface area contributed by atoms with Gasteiger partial charge >= 0.3 is 0 Å². The molecule has 0 saturated carbocycles. The molecular formula is C20H25N3O2. The maximum atomic E-state index is 12.2. The van der Waals surface area contributed by atoms with Crippen LogP contribution >= 0.6 is 0 Å². The van der Waals surface area contributed by atoms with Gasteiger partial charge in [-0.15, -0.1) is 0 Å². The molecule has 25 heavy (non-hydrogen) atoms. The quantitative estimate of drug-likeness (QED) is 0.722. The molecule has 1 atom stereocenters. The van der Waals surface area contributed by atoms with Gasteiger partial charge in [-0.3, -0.25) is 9.59 Å². The smallest absolute Gasteiger partial charge is 0.238 e. The van der Waals surface area contributed by atoms with Gasteiger partial charge in [-0.05, 0) is 35.7 Å². The minimum Gasteiger partial charge on any atom is -0.326 e. The Morgan fingerprint density at radius 3 is 1.96 bits per heavy atom. The van der Waals surface area contributed by atoms with Crippen LogP contribution in [0, 0.1) is 5.92 Å². The summed E-state index contributed by atoms with van der Waals surface area (Å²) in [5.74, 6) is 0.141. The molecule has 0 radical (unpaired) electrons. The normalized spacial score (nSPS) is 11.8. The molecule has 0 aliphatic rings. The van der Waals surface area contributed by atoms with Gasteiger partial charge in [0.05, 0.1) is 6.54 Å². The van der Waals surface area contributed by atoms with Crippen molar-refractivity contribution >= 4 is 23.2 Å². The second kappa shape index (κ2) is 8.99. The Kier molecular flexibility index (Phi) is 6.71. The van der Waals surface area contributed by atoms with E-state index in [2.05, 4.69) is 41.9 Å². The van der Waals surface area contributed by atoms with E-state index in [4.69, 9.17) is 0 Å². The number of nitrogens with one attached hydrogen (secondary N) is 3. The molecule has 5 nitrogen and oxygen atoms in total. The van der Waals surface area contributed by atoms with Crippen molar-refractivity contribution in [3.63, 3.8) is 0 Å². The molecule has 0 aliphatic heterocycles. The van der Waals surface area contributed by atoms with Crippen LogP contribution in [-0.2, 0) is 9.59 Å². The van der Waals surface area contributed by atoms with Gasteiger partial charge in [0.15, 0.2) is 0 Å². The lowest BCUT2D eigenvalue weighted by Crippen LogP contribution is -2.33. The predicted octanol–water partition coefficient (Wildman–Crippen LogP) is 3.57. The second-order valence-electron chi connectivity index (χ2n) is 6.32. The average Bonchev–Trinajstić information content (AvgIpc) is 2.57. The maximum Gasteiger partial charge on any atom is 0.238 e. The van der Waals surface area contributed by atoms with Gasteiger partial charge in [0.25, 0.3) is 0 Å². The van der Waals surface area contributed by atoms with Crippen molar-refractivity contribution in [3.05, 3.63) is 60.2 Å². The van der Waals surface area contributed by atoms with E-state index in [-0.39, 0.29) is 24.4 Å². The van der Waals surface area contributed by atoms with E-state index in [1.54, 1.807) is 24.3 Å². The van der Waals surface area contributed by atoms with Gasteiger partial charge in [-0.25, -0.2) is 0 Å². The van der Waals surface area contributed by atoms with Crippen molar-refractivity contribution in [2.75, 3.05) is 17.2 Å². The first-order chi connectivity index (χ1) is 12.0. The number of rotatable bonds is 7. The number of carbonyl (C=O) groups is 2. The fourth-order valence-electron chi connectivity index (χ4n) is 2.65. The van der Waals surface area contributed by atoms with E-state index in [1.165, 1.54) is 12.5 Å². The minimum atomic E-state index is -0.123. The molecule has 2 amide bonds. The van der Waals surface area contributed by atoms with Gasteiger partial charge in [0.1, 0.15) is 0 Å². The number of amides is 2. The summed E-state index contributed by atoms with van der Waals surface area (Å²) in [6, 6.07) is 17.3. The summed E-state index contributed by atoms with van der Waals surface area (Å²) in [6.07, 6.45) is 0. The summed E-state index contributed by atoms with van der Waals surface area (Å²) >= 11 is 0. The van der Waals surface area contributed by atoms with Gasteiger partial charge in [-0.1, -0.05) is 44.2 Å². The predicted molar refractivity (Wildman–Crippen MR) is 101 cm³/mol. The summed E-state index contributed by atoms with van der Waals surface area (Å²) in [5, 5.41) is 8.87. The fraction of sp³-hybridized carbons (Fsp3) is 0.300. The van der Waals surface area contributed by atoms with Crippen LogP contribution in [0.5, 0.6) is 0 Å². The highest BCUT2D eigenvalue weighted by Crippen LogP contribution is 2.21. The zero-order valence-corrected chi connectivity index (χ0v) is 14.9. The average molecular weight is 339 g/mol. The van der Waals surface area contributed by atoms with Crippen LogP contribution in [0.2, 0.25) is 0 Å². The van der Waals surface area contributed by atoms with Gasteiger partial charge < -0.3 is 16.0 Å². The van der Waals surface area contributed by atoms with Crippen LogP contribution in [0.15, 0.2) is 54.6 Å². The van der Waals surface area contributed by atoms with Crippen molar-refractivity contribution in [3.8, 4) is 0 Å². The van der Waals surface area contributed by atoms with Crippen LogP contribution in [0.1, 0.15) is 32.4 Å². The van der Waals surface area contributed by atoms with E-state index in [9.17, 15) is 9.59 Å². The molecule has 5 heteroatoms. The van der Waals surface area contributed by atoms with E-state index in [1.807, 2.05) is 18.2 Å². The molecule has 0 aliphatic carbocycles. The minimum absolute atomic E-state index is 0.103. The Morgan fingerprint density at radius 1 is 0.880 bits per heavy atom. The SMILES string of the molecule is CC(=O)Nc1ccc(NC(=O)CN[C@@H](c2ccccc2)C(C)C)cc1. The summed E-state index contributed by atoms with van der Waals surface area (Å²) in [4.78, 5) is 23.2. The van der Waals surface area contributed by atoms with Crippen molar-refractivity contribution in [2.24, 2.45) is 5.92 Å². The van der Waals surface area contributed by atoms with Crippen LogP contribution < -0.4 is 16.0 Å². The highest BCUT2D eigenvalue weighted by molar-refractivity contribution is 5.93. The Bertz CT molecular complexity index is 697. The van der Waals surface area contributed by atoms with Crippen LogP contribution in [0.25, 0.3) is 0 Å². The number of carbonyl (C=O) groups excluding carboxylic acids is 2. The van der Waals surface area contributed by atoms with Crippen LogP contribution in [0.3, 0.4) is 0 Å². The monoisotopic (exact) mass is 339 g/mol. The first-order valence-electron chi connectivity index (χ1n) is 8.41. The first-order valence-corrected chi connectivity index (χ1v) is 8.41. The molecule has 0 saturated heterocycles. The topological polar surface area (TPSA) is 70.2 Å². The van der Waals surface area contributed by atoms with Crippen LogP contribution in [0.4, 0.5) is 11.4 Å².